The van der Waals surface area contributed by atoms with Gasteiger partial charge >= 0.3 is 51.4 Å². The molecule has 0 bridgehead atoms. The van der Waals surface area contributed by atoms with Gasteiger partial charge in [0.15, 0.2) is 0 Å². The minimum Gasteiger partial charge on any atom is -0.550 e. The molecule has 0 aliphatic heterocycles. The zero-order valence-electron chi connectivity index (χ0n) is 5.30. The standard InChI is InChI=1S/C4H8O2.FH.K/c1-3(2)4(5)6;;/h3H,1-2H3,(H,5,6);1H;/q;;+1/p-1. The van der Waals surface area contributed by atoms with Crippen molar-refractivity contribution in [3.63, 3.8) is 0 Å². The number of carbonyl (C=O) groups excluding carboxylic acids is 1. The number of halogens is 1. The van der Waals surface area contributed by atoms with Gasteiger partial charge in [-0.25, -0.2) is 0 Å². The molecule has 0 atom stereocenters. The molecular formula is C4H8FKO2. The first-order chi connectivity index (χ1) is 2.64. The van der Waals surface area contributed by atoms with E-state index in [4.69, 9.17) is 0 Å². The van der Waals surface area contributed by atoms with Crippen molar-refractivity contribution < 1.29 is 66.0 Å². The molecule has 0 amide bonds. The summed E-state index contributed by atoms with van der Waals surface area (Å²) in [5.41, 5.74) is 0. The van der Waals surface area contributed by atoms with Crippen LogP contribution < -0.4 is 56.5 Å². The second-order valence-corrected chi connectivity index (χ2v) is 1.47. The average molecular weight is 146 g/mol. The Morgan fingerprint density at radius 3 is 1.62 bits per heavy atom. The SMILES string of the molecule is CC(C)C(=O)[O-].F.[K+]. The molecule has 4 heteroatoms. The van der Waals surface area contributed by atoms with Crippen molar-refractivity contribution in [3.05, 3.63) is 0 Å². The van der Waals surface area contributed by atoms with Crippen molar-refractivity contribution in [2.75, 3.05) is 0 Å². The number of hydrogen-bond donors (Lipinski definition) is 0. The molecule has 0 saturated heterocycles. The molecule has 0 fully saturated rings. The maximum absolute atomic E-state index is 9.59. The predicted molar refractivity (Wildman–Crippen MR) is 22.3 cm³/mol. The van der Waals surface area contributed by atoms with Crippen LogP contribution in [0.15, 0.2) is 0 Å². The van der Waals surface area contributed by atoms with Crippen molar-refractivity contribution in [2.45, 2.75) is 13.8 Å². The smallest absolute Gasteiger partial charge is 0.550 e. The van der Waals surface area contributed by atoms with E-state index in [0.717, 1.165) is 0 Å². The summed E-state index contributed by atoms with van der Waals surface area (Å²) in [6, 6.07) is 0. The van der Waals surface area contributed by atoms with E-state index < -0.39 is 5.97 Å². The molecule has 0 aliphatic rings. The molecule has 0 aromatic rings. The van der Waals surface area contributed by atoms with Crippen LogP contribution in [0.25, 0.3) is 0 Å². The number of carboxylic acid groups (broad SMARTS) is 1. The van der Waals surface area contributed by atoms with Crippen LogP contribution in [0.5, 0.6) is 0 Å². The molecule has 0 spiro atoms. The van der Waals surface area contributed by atoms with Crippen LogP contribution in [-0.2, 0) is 4.79 Å². The second kappa shape index (κ2) is 8.04. The zero-order chi connectivity index (χ0) is 5.15. The normalized spacial score (nSPS) is 6.88. The first kappa shape index (κ1) is 16.0. The van der Waals surface area contributed by atoms with E-state index >= 15 is 0 Å². The van der Waals surface area contributed by atoms with Gasteiger partial charge in [0.1, 0.15) is 0 Å². The molecule has 0 heterocycles. The predicted octanol–water partition coefficient (Wildman–Crippen LogP) is -3.45. The molecule has 2 nitrogen and oxygen atoms in total. The maximum Gasteiger partial charge on any atom is 1.00 e. The summed E-state index contributed by atoms with van der Waals surface area (Å²) in [5.74, 6) is -1.33. The average Bonchev–Trinajstić information content (AvgIpc) is 1.36. The number of rotatable bonds is 1. The first-order valence-corrected chi connectivity index (χ1v) is 1.85. The van der Waals surface area contributed by atoms with E-state index in [2.05, 4.69) is 0 Å². The van der Waals surface area contributed by atoms with Gasteiger partial charge in [0.25, 0.3) is 0 Å². The van der Waals surface area contributed by atoms with Crippen molar-refractivity contribution in [1.29, 1.82) is 0 Å². The molecule has 0 radical (unpaired) electrons. The fraction of sp³-hybridized carbons (Fsp3) is 0.750. The third-order valence-corrected chi connectivity index (χ3v) is 0.471. The Balaban J connectivity index is -0.000000125. The largest absolute Gasteiger partial charge is 1.00 e. The Morgan fingerprint density at radius 1 is 1.50 bits per heavy atom. The van der Waals surface area contributed by atoms with Crippen molar-refractivity contribution in [1.82, 2.24) is 0 Å². The van der Waals surface area contributed by atoms with E-state index in [-0.39, 0.29) is 62.0 Å². The third kappa shape index (κ3) is 10.1. The van der Waals surface area contributed by atoms with Crippen molar-refractivity contribution >= 4 is 5.97 Å². The second-order valence-electron chi connectivity index (χ2n) is 1.47. The maximum atomic E-state index is 9.59. The summed E-state index contributed by atoms with van der Waals surface area (Å²) >= 11 is 0. The summed E-state index contributed by atoms with van der Waals surface area (Å²) in [4.78, 5) is 9.59. The van der Waals surface area contributed by atoms with Gasteiger partial charge in [-0.2, -0.15) is 0 Å². The molecule has 0 aromatic carbocycles. The zero-order valence-corrected chi connectivity index (χ0v) is 8.43. The van der Waals surface area contributed by atoms with Crippen LogP contribution in [0.4, 0.5) is 4.70 Å². The topological polar surface area (TPSA) is 40.1 Å². The van der Waals surface area contributed by atoms with Gasteiger partial charge in [-0.15, -0.1) is 0 Å². The van der Waals surface area contributed by atoms with Crippen molar-refractivity contribution in [3.8, 4) is 0 Å². The molecule has 0 saturated carbocycles. The van der Waals surface area contributed by atoms with Crippen molar-refractivity contribution in [2.24, 2.45) is 5.92 Å². The van der Waals surface area contributed by atoms with Gasteiger partial charge in [0, 0.05) is 5.97 Å². The molecule has 8 heavy (non-hydrogen) atoms. The van der Waals surface area contributed by atoms with Gasteiger partial charge in [0.05, 0.1) is 0 Å². The van der Waals surface area contributed by atoms with Crippen LogP contribution in [0.2, 0.25) is 0 Å². The molecule has 0 unspecified atom stereocenters. The number of carboxylic acids is 1. The minimum absolute atomic E-state index is 0. The Hall–Kier alpha value is 1.04. The minimum atomic E-state index is -0.991. The fourth-order valence-electron chi connectivity index (χ4n) is 0. The fourth-order valence-corrected chi connectivity index (χ4v) is 0. The van der Waals surface area contributed by atoms with E-state index in [1.165, 1.54) is 0 Å². The van der Waals surface area contributed by atoms with Gasteiger partial charge in [-0.3, -0.25) is 4.70 Å². The Labute approximate surface area is 90.4 Å². The number of carbonyl (C=O) groups is 1. The molecular weight excluding hydrogens is 138 g/mol. The van der Waals surface area contributed by atoms with Crippen LogP contribution in [-0.4, -0.2) is 5.97 Å². The summed E-state index contributed by atoms with van der Waals surface area (Å²) in [5, 5.41) is 9.59. The van der Waals surface area contributed by atoms with E-state index in [0.29, 0.717) is 0 Å². The Morgan fingerprint density at radius 2 is 1.62 bits per heavy atom. The van der Waals surface area contributed by atoms with E-state index in [1.54, 1.807) is 13.8 Å². The summed E-state index contributed by atoms with van der Waals surface area (Å²) < 4.78 is 0. The van der Waals surface area contributed by atoms with E-state index in [9.17, 15) is 9.90 Å². The Bertz CT molecular complexity index is 65.1. The van der Waals surface area contributed by atoms with Crippen LogP contribution in [0, 0.1) is 5.92 Å². The van der Waals surface area contributed by atoms with Gasteiger partial charge in [0.2, 0.25) is 0 Å². The molecule has 0 rings (SSSR count). The number of aliphatic carboxylic acids is 1. The van der Waals surface area contributed by atoms with Crippen LogP contribution in [0.3, 0.4) is 0 Å². The first-order valence-electron chi connectivity index (χ1n) is 1.85. The molecule has 0 aliphatic carbocycles. The third-order valence-electron chi connectivity index (χ3n) is 0.471. The van der Waals surface area contributed by atoms with Gasteiger partial charge in [-0.1, -0.05) is 13.8 Å². The molecule has 0 aromatic heterocycles. The quantitative estimate of drug-likeness (QED) is 0.361. The van der Waals surface area contributed by atoms with E-state index in [1.807, 2.05) is 0 Å². The number of hydrogen-bond acceptors (Lipinski definition) is 2. The van der Waals surface area contributed by atoms with Gasteiger partial charge < -0.3 is 9.90 Å². The van der Waals surface area contributed by atoms with Gasteiger partial charge in [-0.05, 0) is 5.92 Å². The summed E-state index contributed by atoms with van der Waals surface area (Å²) in [6.45, 7) is 3.16. The summed E-state index contributed by atoms with van der Waals surface area (Å²) in [6.07, 6.45) is 0. The van der Waals surface area contributed by atoms with Crippen LogP contribution in [0.1, 0.15) is 13.8 Å². The summed E-state index contributed by atoms with van der Waals surface area (Å²) in [7, 11) is 0. The molecule has 0 N–H and O–H groups in total. The van der Waals surface area contributed by atoms with Crippen LogP contribution >= 0.6 is 0 Å². The Kier molecular flexibility index (Phi) is 16.1. The monoisotopic (exact) mass is 146 g/mol. The molecule has 44 valence electrons.